The van der Waals surface area contributed by atoms with Crippen molar-refractivity contribution in [2.45, 2.75) is 24.5 Å². The van der Waals surface area contributed by atoms with Gasteiger partial charge in [-0.3, -0.25) is 9.36 Å². The van der Waals surface area contributed by atoms with Gasteiger partial charge in [0.1, 0.15) is 29.5 Å². The first-order chi connectivity index (χ1) is 14.0. The van der Waals surface area contributed by atoms with Gasteiger partial charge in [0, 0.05) is 11.8 Å². The Morgan fingerprint density at radius 3 is 2.97 bits per heavy atom. The second kappa shape index (κ2) is 7.66. The number of nitrogens with two attached hydrogens (primary N) is 1. The standard InChI is InChI=1S/C19H21N5O5/c1-28-11-4-2-3-10(7-11)18(27)23-15-16(26)13(8-25)29-19(15)24-9-22-14-12(20)5-6-21-17(14)24/h2-7,9,13,15-16,19,25-26H,8H2,1H3,(H2,20,21)(H,23,27)/t13-,15+,16?,19-/m1/s1. The number of nitrogen functional groups attached to an aromatic ring is 1. The molecule has 0 saturated carbocycles. The number of ether oxygens (including phenoxy) is 2. The smallest absolute Gasteiger partial charge is 0.251 e. The summed E-state index contributed by atoms with van der Waals surface area (Å²) in [6.45, 7) is -0.411. The maximum Gasteiger partial charge on any atom is 0.251 e. The van der Waals surface area contributed by atoms with Crippen LogP contribution < -0.4 is 15.8 Å². The number of benzene rings is 1. The number of hydrogen-bond donors (Lipinski definition) is 4. The Hall–Kier alpha value is -3.21. The van der Waals surface area contributed by atoms with Gasteiger partial charge in [0.2, 0.25) is 0 Å². The summed E-state index contributed by atoms with van der Waals surface area (Å²) in [5, 5.41) is 23.0. The Morgan fingerprint density at radius 2 is 2.21 bits per heavy atom. The van der Waals surface area contributed by atoms with E-state index < -0.39 is 37.0 Å². The number of anilines is 1. The van der Waals surface area contributed by atoms with Crippen molar-refractivity contribution >= 4 is 22.8 Å². The van der Waals surface area contributed by atoms with E-state index in [-0.39, 0.29) is 0 Å². The molecule has 10 heteroatoms. The Labute approximate surface area is 165 Å². The molecule has 152 valence electrons. The molecule has 1 fully saturated rings. The van der Waals surface area contributed by atoms with Crippen LogP contribution in [-0.2, 0) is 4.74 Å². The highest BCUT2D eigenvalue weighted by Gasteiger charge is 2.45. The van der Waals surface area contributed by atoms with Gasteiger partial charge in [-0.25, -0.2) is 9.97 Å². The fraction of sp³-hybridized carbons (Fsp3) is 0.316. The first kappa shape index (κ1) is 19.1. The van der Waals surface area contributed by atoms with Crippen molar-refractivity contribution in [2.75, 3.05) is 19.5 Å². The maximum absolute atomic E-state index is 12.8. The molecule has 3 heterocycles. The predicted octanol–water partition coefficient (Wildman–Crippen LogP) is 0.0713. The molecule has 2 aromatic heterocycles. The molecule has 10 nitrogen and oxygen atoms in total. The average molecular weight is 399 g/mol. The van der Waals surface area contributed by atoms with Crippen LogP contribution in [0.1, 0.15) is 16.6 Å². The van der Waals surface area contributed by atoms with Crippen LogP contribution in [0.5, 0.6) is 5.75 Å². The number of nitrogens with one attached hydrogen (secondary N) is 1. The van der Waals surface area contributed by atoms with Crippen LogP contribution in [0.4, 0.5) is 5.69 Å². The lowest BCUT2D eigenvalue weighted by Crippen LogP contribution is -2.46. The summed E-state index contributed by atoms with van der Waals surface area (Å²) in [5.74, 6) is 0.114. The Morgan fingerprint density at radius 1 is 1.38 bits per heavy atom. The fourth-order valence-electron chi connectivity index (χ4n) is 3.43. The van der Waals surface area contributed by atoms with E-state index in [0.717, 1.165) is 0 Å². The molecule has 1 aromatic carbocycles. The largest absolute Gasteiger partial charge is 0.497 e. The number of nitrogens with zero attached hydrogens (tertiary/aromatic N) is 3. The predicted molar refractivity (Wildman–Crippen MR) is 103 cm³/mol. The van der Waals surface area contributed by atoms with Crippen molar-refractivity contribution in [1.82, 2.24) is 19.9 Å². The summed E-state index contributed by atoms with van der Waals surface area (Å²) in [7, 11) is 1.51. The van der Waals surface area contributed by atoms with Crippen molar-refractivity contribution < 1.29 is 24.5 Å². The second-order valence-corrected chi connectivity index (χ2v) is 6.69. The quantitative estimate of drug-likeness (QED) is 0.472. The van der Waals surface area contributed by atoms with Crippen molar-refractivity contribution in [3.8, 4) is 5.75 Å². The zero-order valence-corrected chi connectivity index (χ0v) is 15.6. The summed E-state index contributed by atoms with van der Waals surface area (Å²) in [4.78, 5) is 21.3. The molecule has 4 rings (SSSR count). The highest BCUT2D eigenvalue weighted by atomic mass is 16.5. The summed E-state index contributed by atoms with van der Waals surface area (Å²) >= 11 is 0. The topological polar surface area (TPSA) is 145 Å². The molecule has 29 heavy (non-hydrogen) atoms. The highest BCUT2D eigenvalue weighted by molar-refractivity contribution is 5.95. The van der Waals surface area contributed by atoms with Crippen molar-refractivity contribution in [3.05, 3.63) is 48.4 Å². The molecule has 5 N–H and O–H groups in total. The molecule has 1 unspecified atom stereocenters. The lowest BCUT2D eigenvalue weighted by molar-refractivity contribution is -0.0440. The number of imidazole rings is 1. The summed E-state index contributed by atoms with van der Waals surface area (Å²) in [5.41, 5.74) is 7.68. The Bertz CT molecular complexity index is 1040. The number of methoxy groups -OCH3 is 1. The van der Waals surface area contributed by atoms with E-state index >= 15 is 0 Å². The SMILES string of the molecule is COc1cccc(C(=O)N[C@H]2C(O)[C@@H](CO)O[C@H]2n2cnc3c(N)ccnc32)c1. The maximum atomic E-state index is 12.8. The van der Waals surface area contributed by atoms with Crippen molar-refractivity contribution in [3.63, 3.8) is 0 Å². The van der Waals surface area contributed by atoms with Crippen LogP contribution in [0, 0.1) is 0 Å². The average Bonchev–Trinajstić information content (AvgIpc) is 3.30. The van der Waals surface area contributed by atoms with Crippen molar-refractivity contribution in [2.24, 2.45) is 0 Å². The van der Waals surface area contributed by atoms with Crippen LogP contribution in [0.15, 0.2) is 42.9 Å². The monoisotopic (exact) mass is 399 g/mol. The number of carbonyl (C=O) groups is 1. The number of rotatable bonds is 5. The molecule has 1 amide bonds. The number of aliphatic hydroxyl groups is 2. The van der Waals surface area contributed by atoms with E-state index in [9.17, 15) is 15.0 Å². The summed E-state index contributed by atoms with van der Waals surface area (Å²) in [6, 6.07) is 7.41. The molecule has 0 spiro atoms. The zero-order valence-electron chi connectivity index (χ0n) is 15.6. The van der Waals surface area contributed by atoms with Crippen LogP contribution >= 0.6 is 0 Å². The molecular weight excluding hydrogens is 378 g/mol. The molecule has 4 atom stereocenters. The number of aromatic nitrogens is 3. The number of fused-ring (bicyclic) bond motifs is 1. The van der Waals surface area contributed by atoms with Gasteiger partial charge in [-0.2, -0.15) is 0 Å². The molecular formula is C19H21N5O5. The third-order valence-corrected chi connectivity index (χ3v) is 4.95. The third-order valence-electron chi connectivity index (χ3n) is 4.95. The fourth-order valence-corrected chi connectivity index (χ4v) is 3.43. The molecule has 1 aliphatic rings. The minimum absolute atomic E-state index is 0.362. The minimum atomic E-state index is -1.14. The van der Waals surface area contributed by atoms with Gasteiger partial charge in [-0.15, -0.1) is 0 Å². The van der Waals surface area contributed by atoms with E-state index in [1.807, 2.05) is 0 Å². The molecule has 0 bridgehead atoms. The Balaban J connectivity index is 1.67. The number of hydrogen-bond acceptors (Lipinski definition) is 8. The normalized spacial score (nSPS) is 24.0. The summed E-state index contributed by atoms with van der Waals surface area (Å²) in [6.07, 6.45) is 0.160. The third kappa shape index (κ3) is 3.37. The van der Waals surface area contributed by atoms with Crippen LogP contribution in [0.3, 0.4) is 0 Å². The van der Waals surface area contributed by atoms with Gasteiger partial charge in [0.25, 0.3) is 5.91 Å². The van der Waals surface area contributed by atoms with Crippen molar-refractivity contribution in [1.29, 1.82) is 0 Å². The van der Waals surface area contributed by atoms with E-state index in [4.69, 9.17) is 15.2 Å². The van der Waals surface area contributed by atoms with Crippen LogP contribution in [-0.4, -0.2) is 62.6 Å². The number of amides is 1. The van der Waals surface area contributed by atoms with Gasteiger partial charge in [-0.05, 0) is 24.3 Å². The van der Waals surface area contributed by atoms with E-state index in [1.165, 1.54) is 19.6 Å². The van der Waals surface area contributed by atoms with Gasteiger partial charge in [0.05, 0.1) is 25.7 Å². The van der Waals surface area contributed by atoms with Gasteiger partial charge < -0.3 is 30.7 Å². The molecule has 3 aromatic rings. The zero-order chi connectivity index (χ0) is 20.5. The molecule has 1 saturated heterocycles. The lowest BCUT2D eigenvalue weighted by atomic mass is 10.1. The van der Waals surface area contributed by atoms with Crippen LogP contribution in [0.25, 0.3) is 11.2 Å². The minimum Gasteiger partial charge on any atom is -0.497 e. The Kier molecular flexibility index (Phi) is 5.05. The van der Waals surface area contributed by atoms with Gasteiger partial charge >= 0.3 is 0 Å². The summed E-state index contributed by atoms with van der Waals surface area (Å²) < 4.78 is 12.5. The molecule has 0 aliphatic carbocycles. The molecule has 1 aliphatic heterocycles. The van der Waals surface area contributed by atoms with E-state index in [2.05, 4.69) is 15.3 Å². The lowest BCUT2D eigenvalue weighted by Gasteiger charge is -2.23. The first-order valence-corrected chi connectivity index (χ1v) is 8.99. The number of aliphatic hydroxyl groups excluding tert-OH is 2. The number of pyridine rings is 1. The first-order valence-electron chi connectivity index (χ1n) is 8.99. The van der Waals surface area contributed by atoms with Crippen LogP contribution in [0.2, 0.25) is 0 Å². The second-order valence-electron chi connectivity index (χ2n) is 6.69. The number of carbonyl (C=O) groups excluding carboxylic acids is 1. The van der Waals surface area contributed by atoms with E-state index in [0.29, 0.717) is 28.2 Å². The van der Waals surface area contributed by atoms with E-state index in [1.54, 1.807) is 34.9 Å². The highest BCUT2D eigenvalue weighted by Crippen LogP contribution is 2.32. The van der Waals surface area contributed by atoms with Gasteiger partial charge in [-0.1, -0.05) is 6.07 Å². The molecule has 0 radical (unpaired) electrons. The van der Waals surface area contributed by atoms with Gasteiger partial charge in [0.15, 0.2) is 11.9 Å².